The van der Waals surface area contributed by atoms with Gasteiger partial charge in [-0.25, -0.2) is 0 Å². The highest BCUT2D eigenvalue weighted by atomic mass is 16.5. The highest BCUT2D eigenvalue weighted by Crippen LogP contribution is 2.63. The molecule has 4 unspecified atom stereocenters. The number of Topliss-reactive ketones (excluding diaryl/α,β-unsaturated/α-hetero) is 1. The molecule has 24 heavy (non-hydrogen) atoms. The monoisotopic (exact) mass is 328 g/mol. The third-order valence-electron chi connectivity index (χ3n) is 7.65. The van der Waals surface area contributed by atoms with Gasteiger partial charge in [0.25, 0.3) is 0 Å². The summed E-state index contributed by atoms with van der Waals surface area (Å²) in [6.07, 6.45) is 12.6. The Hall–Kier alpha value is -1.38. The second-order valence-electron chi connectivity index (χ2n) is 8.74. The summed E-state index contributed by atoms with van der Waals surface area (Å²) in [6, 6.07) is 0. The van der Waals surface area contributed by atoms with E-state index >= 15 is 0 Å². The van der Waals surface area contributed by atoms with E-state index in [9.17, 15) is 9.59 Å². The normalized spacial score (nSPS) is 46.6. The Kier molecular flexibility index (Phi) is 3.56. The third-order valence-corrected chi connectivity index (χ3v) is 7.65. The molecule has 0 aromatic rings. The van der Waals surface area contributed by atoms with Gasteiger partial charge in [0.2, 0.25) is 0 Å². The van der Waals surface area contributed by atoms with Gasteiger partial charge < -0.3 is 4.74 Å². The molecule has 0 aromatic heterocycles. The molecular weight excluding hydrogens is 300 g/mol. The maximum absolute atomic E-state index is 12.4. The van der Waals surface area contributed by atoms with E-state index < -0.39 is 0 Å². The maximum atomic E-state index is 12.4. The van der Waals surface area contributed by atoms with Crippen LogP contribution in [0.2, 0.25) is 0 Å². The van der Waals surface area contributed by atoms with Crippen LogP contribution in [0, 0.1) is 28.6 Å². The van der Waals surface area contributed by atoms with E-state index in [-0.39, 0.29) is 22.9 Å². The molecule has 3 fully saturated rings. The molecule has 0 amide bonds. The van der Waals surface area contributed by atoms with Gasteiger partial charge in [-0.05, 0) is 62.0 Å². The van der Waals surface area contributed by atoms with Gasteiger partial charge in [-0.3, -0.25) is 9.59 Å². The van der Waals surface area contributed by atoms with Crippen molar-refractivity contribution in [1.29, 1.82) is 0 Å². The van der Waals surface area contributed by atoms with Crippen LogP contribution in [-0.4, -0.2) is 17.9 Å². The Bertz CT molecular complexity index is 645. The minimum atomic E-state index is -0.225. The molecular formula is C21H28O3. The lowest BCUT2D eigenvalue weighted by Gasteiger charge is -2.55. The third kappa shape index (κ3) is 2.16. The second-order valence-corrected chi connectivity index (χ2v) is 8.74. The number of esters is 1. The summed E-state index contributed by atoms with van der Waals surface area (Å²) < 4.78 is 5.37. The Morgan fingerprint density at radius 3 is 2.71 bits per heavy atom. The fourth-order valence-corrected chi connectivity index (χ4v) is 6.34. The van der Waals surface area contributed by atoms with E-state index in [1.54, 1.807) is 0 Å². The van der Waals surface area contributed by atoms with E-state index in [1.807, 2.05) is 0 Å². The number of fused-ring (bicyclic) bond motifs is 5. The van der Waals surface area contributed by atoms with Gasteiger partial charge in [0.15, 0.2) is 0 Å². The lowest BCUT2D eigenvalue weighted by Crippen LogP contribution is -2.49. The Balaban J connectivity index is 1.62. The van der Waals surface area contributed by atoms with Crippen molar-refractivity contribution in [3.05, 3.63) is 23.8 Å². The fraction of sp³-hybridized carbons (Fsp3) is 0.714. The van der Waals surface area contributed by atoms with Crippen molar-refractivity contribution in [3.8, 4) is 0 Å². The van der Waals surface area contributed by atoms with Gasteiger partial charge in [0.05, 0.1) is 0 Å². The van der Waals surface area contributed by atoms with Gasteiger partial charge >= 0.3 is 5.97 Å². The summed E-state index contributed by atoms with van der Waals surface area (Å²) in [5.41, 5.74) is 1.45. The van der Waals surface area contributed by atoms with Crippen LogP contribution in [0.1, 0.15) is 59.3 Å². The average molecular weight is 328 g/mol. The van der Waals surface area contributed by atoms with Gasteiger partial charge in [-0.2, -0.15) is 0 Å². The van der Waals surface area contributed by atoms with Gasteiger partial charge in [0, 0.05) is 24.2 Å². The lowest BCUT2D eigenvalue weighted by molar-refractivity contribution is -0.142. The summed E-state index contributed by atoms with van der Waals surface area (Å²) in [5, 5.41) is 0. The first-order valence-corrected chi connectivity index (χ1v) is 9.45. The largest absolute Gasteiger partial charge is 0.454 e. The van der Waals surface area contributed by atoms with Crippen molar-refractivity contribution in [2.24, 2.45) is 28.6 Å². The van der Waals surface area contributed by atoms with Crippen molar-refractivity contribution in [1.82, 2.24) is 0 Å². The maximum Gasteiger partial charge on any atom is 0.303 e. The second kappa shape index (κ2) is 5.31. The van der Waals surface area contributed by atoms with Gasteiger partial charge in [-0.15, -0.1) is 0 Å². The summed E-state index contributed by atoms with van der Waals surface area (Å²) in [5.74, 6) is 2.13. The molecule has 3 nitrogen and oxygen atoms in total. The van der Waals surface area contributed by atoms with E-state index in [2.05, 4.69) is 32.1 Å². The number of allylic oxidation sites excluding steroid dienone is 2. The molecule has 4 aliphatic carbocycles. The van der Waals surface area contributed by atoms with Crippen molar-refractivity contribution in [2.75, 3.05) is 0 Å². The predicted molar refractivity (Wildman–Crippen MR) is 92.2 cm³/mol. The minimum Gasteiger partial charge on any atom is -0.454 e. The molecule has 0 radical (unpaired) electrons. The molecule has 6 atom stereocenters. The predicted octanol–water partition coefficient (Wildman–Crippen LogP) is 4.23. The molecule has 3 heteroatoms. The van der Waals surface area contributed by atoms with Crippen LogP contribution in [0.3, 0.4) is 0 Å². The summed E-state index contributed by atoms with van der Waals surface area (Å²) >= 11 is 0. The number of ether oxygens (including phenoxy) is 1. The van der Waals surface area contributed by atoms with Crippen LogP contribution in [-0.2, 0) is 14.3 Å². The number of hydrogen-bond donors (Lipinski definition) is 0. The molecule has 0 N–H and O–H groups in total. The topological polar surface area (TPSA) is 43.4 Å². The molecule has 0 spiro atoms. The van der Waals surface area contributed by atoms with Crippen LogP contribution in [0.15, 0.2) is 23.8 Å². The van der Waals surface area contributed by atoms with Gasteiger partial charge in [-0.1, -0.05) is 25.5 Å². The SMILES string of the molecule is CC(=O)OC1C=C[C@@]2(C)C(=C1)CCC1C2CC[C@]2(C)C(=O)CCC12. The molecule has 4 rings (SSSR count). The van der Waals surface area contributed by atoms with Crippen molar-refractivity contribution in [2.45, 2.75) is 65.4 Å². The zero-order chi connectivity index (χ0) is 17.1. The van der Waals surface area contributed by atoms with Crippen LogP contribution in [0.4, 0.5) is 0 Å². The van der Waals surface area contributed by atoms with Crippen LogP contribution < -0.4 is 0 Å². The summed E-state index contributed by atoms with van der Waals surface area (Å²) in [4.78, 5) is 23.7. The standard InChI is InChI=1S/C21H28O3/c1-13(22)24-15-8-10-20(2)14(12-15)4-5-16-17-6-7-19(23)21(17,3)11-9-18(16)20/h8,10,12,15-18H,4-7,9,11H2,1-3H3/t15?,16?,17?,18?,20-,21-/m0/s1. The first-order valence-electron chi connectivity index (χ1n) is 9.45. The highest BCUT2D eigenvalue weighted by molar-refractivity contribution is 5.87. The molecule has 0 bridgehead atoms. The van der Waals surface area contributed by atoms with Crippen LogP contribution in [0.5, 0.6) is 0 Å². The first-order chi connectivity index (χ1) is 11.3. The number of carbonyl (C=O) groups excluding carboxylic acids is 2. The smallest absolute Gasteiger partial charge is 0.303 e. The molecule has 3 saturated carbocycles. The van der Waals surface area contributed by atoms with E-state index in [4.69, 9.17) is 4.74 Å². The fourth-order valence-electron chi connectivity index (χ4n) is 6.34. The van der Waals surface area contributed by atoms with Crippen molar-refractivity contribution in [3.63, 3.8) is 0 Å². The zero-order valence-corrected chi connectivity index (χ0v) is 15.0. The number of ketones is 1. The molecule has 130 valence electrons. The minimum absolute atomic E-state index is 0.0581. The Morgan fingerprint density at radius 2 is 1.96 bits per heavy atom. The number of rotatable bonds is 1. The molecule has 0 heterocycles. The lowest BCUT2D eigenvalue weighted by atomic mass is 9.48. The van der Waals surface area contributed by atoms with E-state index in [0.29, 0.717) is 23.5 Å². The first kappa shape index (κ1) is 16.1. The molecule has 4 aliphatic rings. The van der Waals surface area contributed by atoms with Crippen molar-refractivity contribution >= 4 is 11.8 Å². The molecule has 0 saturated heterocycles. The van der Waals surface area contributed by atoms with E-state index in [0.717, 1.165) is 32.1 Å². The van der Waals surface area contributed by atoms with E-state index in [1.165, 1.54) is 18.9 Å². The summed E-state index contributed by atoms with van der Waals surface area (Å²) in [6.45, 7) is 6.05. The van der Waals surface area contributed by atoms with Crippen LogP contribution in [0.25, 0.3) is 0 Å². The number of carbonyl (C=O) groups is 2. The van der Waals surface area contributed by atoms with Crippen molar-refractivity contribution < 1.29 is 14.3 Å². The highest BCUT2D eigenvalue weighted by Gasteiger charge is 2.58. The van der Waals surface area contributed by atoms with Gasteiger partial charge in [0.1, 0.15) is 11.9 Å². The molecule has 0 aromatic carbocycles. The number of hydrogen-bond acceptors (Lipinski definition) is 3. The zero-order valence-electron chi connectivity index (χ0n) is 15.0. The van der Waals surface area contributed by atoms with Crippen LogP contribution >= 0.6 is 0 Å². The average Bonchev–Trinajstić information content (AvgIpc) is 2.83. The Morgan fingerprint density at radius 1 is 1.17 bits per heavy atom. The Labute approximate surface area is 144 Å². The quantitative estimate of drug-likeness (QED) is 0.534. The molecule has 0 aliphatic heterocycles. The summed E-state index contributed by atoms with van der Waals surface area (Å²) in [7, 11) is 0.